The molecule has 38 valence electrons. The van der Waals surface area contributed by atoms with E-state index < -0.39 is 0 Å². The minimum atomic E-state index is 0.542. The summed E-state index contributed by atoms with van der Waals surface area (Å²) in [6.07, 6.45) is 2.69. The standard InChI is InChI=1S/C5H8N2/c6-4-2-1-3-5(4)7/h6-7H,1-3H2. The van der Waals surface area contributed by atoms with Gasteiger partial charge in [-0.15, -0.1) is 0 Å². The molecule has 0 bridgehead atoms. The molecule has 0 spiro atoms. The van der Waals surface area contributed by atoms with E-state index in [1.807, 2.05) is 0 Å². The van der Waals surface area contributed by atoms with E-state index in [9.17, 15) is 0 Å². The van der Waals surface area contributed by atoms with Crippen molar-refractivity contribution in [3.8, 4) is 0 Å². The van der Waals surface area contributed by atoms with E-state index in [0.29, 0.717) is 11.4 Å². The van der Waals surface area contributed by atoms with Gasteiger partial charge in [-0.1, -0.05) is 0 Å². The Balaban J connectivity index is 2.65. The van der Waals surface area contributed by atoms with Crippen molar-refractivity contribution < 1.29 is 0 Å². The Hall–Kier alpha value is -0.660. The Morgan fingerprint density at radius 2 is 1.43 bits per heavy atom. The van der Waals surface area contributed by atoms with Gasteiger partial charge in [0.05, 0.1) is 11.4 Å². The zero-order valence-electron chi connectivity index (χ0n) is 4.12. The maximum absolute atomic E-state index is 7.03. The third-order valence-electron chi connectivity index (χ3n) is 1.22. The third kappa shape index (κ3) is 0.683. The smallest absolute Gasteiger partial charge is 0.0521 e. The van der Waals surface area contributed by atoms with Crippen molar-refractivity contribution in [1.82, 2.24) is 0 Å². The first-order valence-corrected chi connectivity index (χ1v) is 2.46. The summed E-state index contributed by atoms with van der Waals surface area (Å²) in [5, 5.41) is 14.1. The lowest BCUT2D eigenvalue weighted by Gasteiger charge is -1.83. The van der Waals surface area contributed by atoms with Crippen LogP contribution in [0, 0.1) is 10.8 Å². The molecule has 0 aromatic heterocycles. The summed E-state index contributed by atoms with van der Waals surface area (Å²) in [5.74, 6) is 0. The fraction of sp³-hybridized carbons (Fsp3) is 0.600. The van der Waals surface area contributed by atoms with Gasteiger partial charge < -0.3 is 10.8 Å². The molecular weight excluding hydrogens is 88.1 g/mol. The number of rotatable bonds is 0. The van der Waals surface area contributed by atoms with Gasteiger partial charge in [0, 0.05) is 0 Å². The van der Waals surface area contributed by atoms with Crippen LogP contribution in [0.25, 0.3) is 0 Å². The molecule has 2 N–H and O–H groups in total. The van der Waals surface area contributed by atoms with Crippen LogP contribution < -0.4 is 0 Å². The van der Waals surface area contributed by atoms with E-state index in [2.05, 4.69) is 0 Å². The second-order valence-electron chi connectivity index (χ2n) is 1.81. The lowest BCUT2D eigenvalue weighted by Crippen LogP contribution is -1.99. The van der Waals surface area contributed by atoms with Gasteiger partial charge in [-0.3, -0.25) is 0 Å². The van der Waals surface area contributed by atoms with Crippen LogP contribution in [0.4, 0.5) is 0 Å². The molecule has 1 saturated carbocycles. The molecular formula is C5H8N2. The van der Waals surface area contributed by atoms with Crippen LogP contribution in [0.2, 0.25) is 0 Å². The highest BCUT2D eigenvalue weighted by atomic mass is 14.5. The highest BCUT2D eigenvalue weighted by Gasteiger charge is 2.11. The average molecular weight is 96.1 g/mol. The van der Waals surface area contributed by atoms with Gasteiger partial charge >= 0.3 is 0 Å². The SMILES string of the molecule is N=C1CCCC1=N. The Bertz CT molecular complexity index is 101. The predicted molar refractivity (Wildman–Crippen MR) is 29.3 cm³/mol. The first kappa shape index (κ1) is 4.50. The van der Waals surface area contributed by atoms with Crippen LogP contribution in [-0.4, -0.2) is 11.4 Å². The molecule has 0 saturated heterocycles. The molecule has 0 aromatic rings. The van der Waals surface area contributed by atoms with E-state index in [1.54, 1.807) is 0 Å². The van der Waals surface area contributed by atoms with Crippen LogP contribution in [0.1, 0.15) is 19.3 Å². The molecule has 1 fully saturated rings. The first-order valence-electron chi connectivity index (χ1n) is 2.46. The minimum Gasteiger partial charge on any atom is -0.303 e. The summed E-state index contributed by atoms with van der Waals surface area (Å²) in [7, 11) is 0. The van der Waals surface area contributed by atoms with Crippen LogP contribution in [0.3, 0.4) is 0 Å². The fourth-order valence-electron chi connectivity index (χ4n) is 0.744. The summed E-state index contributed by atoms with van der Waals surface area (Å²) in [5.41, 5.74) is 1.08. The first-order chi connectivity index (χ1) is 3.30. The molecule has 0 aliphatic heterocycles. The quantitative estimate of drug-likeness (QED) is 0.455. The molecule has 0 unspecified atom stereocenters. The maximum Gasteiger partial charge on any atom is 0.0521 e. The van der Waals surface area contributed by atoms with Gasteiger partial charge in [0.1, 0.15) is 0 Å². The van der Waals surface area contributed by atoms with Crippen LogP contribution in [0.15, 0.2) is 0 Å². The number of nitrogens with one attached hydrogen (secondary N) is 2. The van der Waals surface area contributed by atoms with Crippen molar-refractivity contribution in [2.45, 2.75) is 19.3 Å². The van der Waals surface area contributed by atoms with Gasteiger partial charge in [-0.2, -0.15) is 0 Å². The Kier molecular flexibility index (Phi) is 0.929. The Morgan fingerprint density at radius 1 is 1.00 bits per heavy atom. The Labute approximate surface area is 42.6 Å². The summed E-state index contributed by atoms with van der Waals surface area (Å²) in [4.78, 5) is 0. The zero-order valence-corrected chi connectivity index (χ0v) is 4.12. The molecule has 0 amide bonds. The molecule has 2 nitrogen and oxygen atoms in total. The maximum atomic E-state index is 7.03. The fourth-order valence-corrected chi connectivity index (χ4v) is 0.744. The summed E-state index contributed by atoms with van der Waals surface area (Å²) in [6.45, 7) is 0. The molecule has 0 radical (unpaired) electrons. The lowest BCUT2D eigenvalue weighted by molar-refractivity contribution is 0.971. The minimum absolute atomic E-state index is 0.542. The van der Waals surface area contributed by atoms with Crippen molar-refractivity contribution in [3.63, 3.8) is 0 Å². The van der Waals surface area contributed by atoms with Gasteiger partial charge in [0.25, 0.3) is 0 Å². The average Bonchev–Trinajstić information content (AvgIpc) is 1.91. The van der Waals surface area contributed by atoms with E-state index in [0.717, 1.165) is 19.3 Å². The van der Waals surface area contributed by atoms with Gasteiger partial charge in [-0.05, 0) is 19.3 Å². The van der Waals surface area contributed by atoms with Gasteiger partial charge in [0.2, 0.25) is 0 Å². The molecule has 1 aliphatic carbocycles. The highest BCUT2D eigenvalue weighted by molar-refractivity contribution is 6.41. The van der Waals surface area contributed by atoms with Crippen LogP contribution in [0.5, 0.6) is 0 Å². The van der Waals surface area contributed by atoms with Crippen molar-refractivity contribution in [3.05, 3.63) is 0 Å². The zero-order chi connectivity index (χ0) is 5.28. The topological polar surface area (TPSA) is 47.7 Å². The predicted octanol–water partition coefficient (Wildman–Crippen LogP) is 1.21. The third-order valence-corrected chi connectivity index (χ3v) is 1.22. The second-order valence-corrected chi connectivity index (χ2v) is 1.81. The molecule has 0 atom stereocenters. The number of hydrogen-bond acceptors (Lipinski definition) is 2. The van der Waals surface area contributed by atoms with Crippen molar-refractivity contribution >= 4 is 11.4 Å². The Morgan fingerprint density at radius 3 is 1.57 bits per heavy atom. The summed E-state index contributed by atoms with van der Waals surface area (Å²) in [6, 6.07) is 0. The molecule has 7 heavy (non-hydrogen) atoms. The largest absolute Gasteiger partial charge is 0.303 e. The van der Waals surface area contributed by atoms with Crippen molar-refractivity contribution in [2.24, 2.45) is 0 Å². The van der Waals surface area contributed by atoms with E-state index >= 15 is 0 Å². The lowest BCUT2D eigenvalue weighted by atomic mass is 10.3. The monoisotopic (exact) mass is 96.1 g/mol. The molecule has 0 aromatic carbocycles. The van der Waals surface area contributed by atoms with E-state index in [-0.39, 0.29) is 0 Å². The van der Waals surface area contributed by atoms with E-state index in [4.69, 9.17) is 10.8 Å². The van der Waals surface area contributed by atoms with Crippen LogP contribution in [-0.2, 0) is 0 Å². The van der Waals surface area contributed by atoms with Crippen molar-refractivity contribution in [1.29, 1.82) is 10.8 Å². The molecule has 0 heterocycles. The van der Waals surface area contributed by atoms with E-state index in [1.165, 1.54) is 0 Å². The molecule has 2 heteroatoms. The second kappa shape index (κ2) is 1.45. The number of hydrogen-bond donors (Lipinski definition) is 2. The molecule has 1 rings (SSSR count). The van der Waals surface area contributed by atoms with Gasteiger partial charge in [-0.25, -0.2) is 0 Å². The summed E-state index contributed by atoms with van der Waals surface area (Å²) >= 11 is 0. The van der Waals surface area contributed by atoms with Crippen molar-refractivity contribution in [2.75, 3.05) is 0 Å². The molecule has 1 aliphatic rings. The normalized spacial score (nSPS) is 21.1. The summed E-state index contributed by atoms with van der Waals surface area (Å²) < 4.78 is 0. The van der Waals surface area contributed by atoms with Crippen LogP contribution >= 0.6 is 0 Å². The highest BCUT2D eigenvalue weighted by Crippen LogP contribution is 2.08. The van der Waals surface area contributed by atoms with Gasteiger partial charge in [0.15, 0.2) is 0 Å².